The molecule has 3 aliphatic rings. The quantitative estimate of drug-likeness (QED) is 0.788. The Labute approximate surface area is 155 Å². The molecule has 2 N–H and O–H groups in total. The van der Waals surface area contributed by atoms with Gasteiger partial charge in [-0.25, -0.2) is 13.6 Å². The number of nitrogens with one attached hydrogen (secondary N) is 2. The fraction of sp³-hybridized carbons (Fsp3) is 0.556. The summed E-state index contributed by atoms with van der Waals surface area (Å²) >= 11 is 5.74. The van der Waals surface area contributed by atoms with E-state index in [-0.39, 0.29) is 22.8 Å². The van der Waals surface area contributed by atoms with Crippen molar-refractivity contribution in [2.75, 3.05) is 13.1 Å². The maximum Gasteiger partial charge on any atom is 0.318 e. The second kappa shape index (κ2) is 6.08. The Bertz CT molecular complexity index is 784. The van der Waals surface area contributed by atoms with Crippen LogP contribution < -0.4 is 10.6 Å². The van der Waals surface area contributed by atoms with Crippen molar-refractivity contribution >= 4 is 23.5 Å². The molecular weight excluding hydrogens is 364 g/mol. The molecule has 1 saturated heterocycles. The number of carbonyl (C=O) groups excluding carboxylic acids is 2. The largest absolute Gasteiger partial charge is 0.353 e. The number of nitrogens with zero attached hydrogens (tertiary/aromatic N) is 1. The smallest absolute Gasteiger partial charge is 0.318 e. The van der Waals surface area contributed by atoms with Gasteiger partial charge in [0.15, 0.2) is 0 Å². The highest BCUT2D eigenvalue weighted by atomic mass is 35.5. The van der Waals surface area contributed by atoms with Crippen molar-refractivity contribution in [2.45, 2.75) is 38.3 Å². The summed E-state index contributed by atoms with van der Waals surface area (Å²) in [4.78, 5) is 26.0. The molecule has 0 bridgehead atoms. The van der Waals surface area contributed by atoms with E-state index in [0.29, 0.717) is 13.1 Å². The van der Waals surface area contributed by atoms with Crippen LogP contribution in [0.5, 0.6) is 0 Å². The van der Waals surface area contributed by atoms with Crippen molar-refractivity contribution in [1.29, 1.82) is 0 Å². The van der Waals surface area contributed by atoms with Crippen molar-refractivity contribution in [3.63, 3.8) is 0 Å². The van der Waals surface area contributed by atoms with Gasteiger partial charge in [-0.3, -0.25) is 4.79 Å². The van der Waals surface area contributed by atoms with Gasteiger partial charge in [-0.15, -0.1) is 0 Å². The van der Waals surface area contributed by atoms with Crippen LogP contribution in [0.3, 0.4) is 0 Å². The molecule has 140 valence electrons. The molecular formula is C18H20ClF2N3O2. The molecule has 3 atom stereocenters. The van der Waals surface area contributed by atoms with Crippen molar-refractivity contribution < 1.29 is 18.4 Å². The number of carbonyl (C=O) groups is 2. The highest BCUT2D eigenvalue weighted by Gasteiger charge is 2.65. The average Bonchev–Trinajstić information content (AvgIpc) is 3.53. The van der Waals surface area contributed by atoms with E-state index < -0.39 is 34.8 Å². The Balaban J connectivity index is 1.60. The lowest BCUT2D eigenvalue weighted by atomic mass is 9.99. The van der Waals surface area contributed by atoms with Gasteiger partial charge in [0, 0.05) is 18.7 Å². The van der Waals surface area contributed by atoms with Crippen LogP contribution in [0.4, 0.5) is 13.6 Å². The maximum atomic E-state index is 14.6. The summed E-state index contributed by atoms with van der Waals surface area (Å²) in [5, 5.41) is 5.03. The zero-order valence-electron chi connectivity index (χ0n) is 14.3. The minimum Gasteiger partial charge on any atom is -0.353 e. The summed E-state index contributed by atoms with van der Waals surface area (Å²) in [6.45, 7) is 2.41. The van der Waals surface area contributed by atoms with Crippen LogP contribution in [0.15, 0.2) is 12.1 Å². The van der Waals surface area contributed by atoms with Gasteiger partial charge in [-0.1, -0.05) is 17.7 Å². The highest BCUT2D eigenvalue weighted by molar-refractivity contribution is 6.31. The van der Waals surface area contributed by atoms with E-state index in [2.05, 4.69) is 10.6 Å². The summed E-state index contributed by atoms with van der Waals surface area (Å²) in [5.74, 6) is -1.76. The van der Waals surface area contributed by atoms with Crippen LogP contribution in [0.25, 0.3) is 0 Å². The molecule has 5 nitrogen and oxygen atoms in total. The van der Waals surface area contributed by atoms with Gasteiger partial charge in [0.1, 0.15) is 22.7 Å². The molecule has 1 spiro atoms. The molecule has 0 aromatic heterocycles. The van der Waals surface area contributed by atoms with Gasteiger partial charge in [0.25, 0.3) is 0 Å². The van der Waals surface area contributed by atoms with E-state index in [4.69, 9.17) is 11.6 Å². The number of amides is 3. The molecule has 1 aliphatic heterocycles. The average molecular weight is 384 g/mol. The first-order valence-corrected chi connectivity index (χ1v) is 9.20. The Morgan fingerprint density at radius 2 is 2.15 bits per heavy atom. The second-order valence-corrected chi connectivity index (χ2v) is 7.90. The third kappa shape index (κ3) is 2.82. The number of rotatable bonds is 3. The number of hydrogen-bond donors (Lipinski definition) is 2. The molecule has 1 aromatic carbocycles. The van der Waals surface area contributed by atoms with E-state index in [1.54, 1.807) is 6.92 Å². The van der Waals surface area contributed by atoms with Gasteiger partial charge in [0.2, 0.25) is 5.91 Å². The van der Waals surface area contributed by atoms with Gasteiger partial charge in [-0.2, -0.15) is 0 Å². The molecule has 0 radical (unpaired) electrons. The number of urea groups is 1. The van der Waals surface area contributed by atoms with E-state index in [9.17, 15) is 18.4 Å². The van der Waals surface area contributed by atoms with Crippen LogP contribution in [-0.2, 0) is 4.79 Å². The fourth-order valence-corrected chi connectivity index (χ4v) is 4.21. The summed E-state index contributed by atoms with van der Waals surface area (Å²) < 4.78 is 28.1. The number of benzene rings is 1. The SMILES string of the molecule is C[C@@H]1C(=O)NCCN1C(=O)N[C@@H](c1ccc(F)c(Cl)c1F)[C@@H]1CC12CC2. The summed E-state index contributed by atoms with van der Waals surface area (Å²) in [7, 11) is 0. The highest BCUT2D eigenvalue weighted by Crippen LogP contribution is 2.74. The number of piperazine rings is 1. The Hall–Kier alpha value is -1.89. The summed E-state index contributed by atoms with van der Waals surface area (Å²) in [6.07, 6.45) is 3.02. The Kier molecular flexibility index (Phi) is 4.10. The first-order chi connectivity index (χ1) is 12.3. The topological polar surface area (TPSA) is 61.4 Å². The van der Waals surface area contributed by atoms with Crippen LogP contribution in [0.1, 0.15) is 37.8 Å². The van der Waals surface area contributed by atoms with Gasteiger partial charge in [-0.05, 0) is 43.6 Å². The predicted octanol–water partition coefficient (Wildman–Crippen LogP) is 2.99. The molecule has 1 heterocycles. The third-order valence-electron chi connectivity index (χ3n) is 5.99. The van der Waals surface area contributed by atoms with Crippen molar-refractivity contribution in [3.8, 4) is 0 Å². The van der Waals surface area contributed by atoms with Crippen molar-refractivity contribution in [3.05, 3.63) is 34.4 Å². The maximum absolute atomic E-state index is 14.6. The minimum atomic E-state index is -0.830. The zero-order chi connectivity index (χ0) is 18.6. The number of hydrogen-bond acceptors (Lipinski definition) is 2. The van der Waals surface area contributed by atoms with Gasteiger partial charge < -0.3 is 15.5 Å². The fourth-order valence-electron chi connectivity index (χ4n) is 4.04. The van der Waals surface area contributed by atoms with E-state index in [1.807, 2.05) is 0 Å². The van der Waals surface area contributed by atoms with Crippen LogP contribution >= 0.6 is 11.6 Å². The molecule has 26 heavy (non-hydrogen) atoms. The van der Waals surface area contributed by atoms with Gasteiger partial charge >= 0.3 is 6.03 Å². The minimum absolute atomic E-state index is 0.108. The Morgan fingerprint density at radius 3 is 2.81 bits per heavy atom. The van der Waals surface area contributed by atoms with E-state index in [0.717, 1.165) is 25.3 Å². The first-order valence-electron chi connectivity index (χ1n) is 8.82. The summed E-state index contributed by atoms with van der Waals surface area (Å²) in [6, 6.07) is 0.876. The number of halogens is 3. The van der Waals surface area contributed by atoms with Crippen LogP contribution in [0.2, 0.25) is 5.02 Å². The lowest BCUT2D eigenvalue weighted by Gasteiger charge is -2.34. The third-order valence-corrected chi connectivity index (χ3v) is 6.33. The van der Waals surface area contributed by atoms with Crippen LogP contribution in [0, 0.1) is 23.0 Å². The molecule has 2 saturated carbocycles. The molecule has 0 unspecified atom stereocenters. The lowest BCUT2D eigenvalue weighted by Crippen LogP contribution is -2.58. The predicted molar refractivity (Wildman–Crippen MR) is 91.6 cm³/mol. The molecule has 3 fully saturated rings. The molecule has 3 amide bonds. The zero-order valence-corrected chi connectivity index (χ0v) is 15.1. The van der Waals surface area contributed by atoms with Crippen LogP contribution in [-0.4, -0.2) is 36.0 Å². The molecule has 8 heteroatoms. The summed E-state index contributed by atoms with van der Waals surface area (Å²) in [5.41, 5.74) is 0.378. The van der Waals surface area contributed by atoms with E-state index in [1.165, 1.54) is 11.0 Å². The Morgan fingerprint density at radius 1 is 1.42 bits per heavy atom. The standard InChI is InChI=1S/C18H20ClF2N3O2/c1-9-16(25)22-6-7-24(9)17(26)23-15(11-8-18(11)4-5-18)10-2-3-12(20)13(19)14(10)21/h2-3,9,11,15H,4-8H2,1H3,(H,22,25)(H,23,26)/t9-,11+,15+/m1/s1. The second-order valence-electron chi connectivity index (χ2n) is 7.53. The van der Waals surface area contributed by atoms with Crippen molar-refractivity contribution in [2.24, 2.45) is 11.3 Å². The molecule has 4 rings (SSSR count). The van der Waals surface area contributed by atoms with E-state index >= 15 is 0 Å². The first kappa shape index (κ1) is 17.5. The van der Waals surface area contributed by atoms with Gasteiger partial charge in [0.05, 0.1) is 6.04 Å². The van der Waals surface area contributed by atoms with Crippen molar-refractivity contribution in [1.82, 2.24) is 15.5 Å². The normalized spacial score (nSPS) is 27.1. The lowest BCUT2D eigenvalue weighted by molar-refractivity contribution is -0.126. The monoisotopic (exact) mass is 383 g/mol. The molecule has 2 aliphatic carbocycles. The molecule has 1 aromatic rings.